The molecule has 0 aliphatic rings. The van der Waals surface area contributed by atoms with Crippen LogP contribution in [-0.2, 0) is 0 Å². The molecule has 1 nitrogen and oxygen atoms in total. The van der Waals surface area contributed by atoms with Crippen molar-refractivity contribution in [2.45, 2.75) is 0 Å². The molecule has 0 aliphatic carbocycles. The third kappa shape index (κ3) is 2.44. The van der Waals surface area contributed by atoms with Crippen LogP contribution in [0.2, 0.25) is 0 Å². The first-order valence-corrected chi connectivity index (χ1v) is 8.54. The van der Waals surface area contributed by atoms with E-state index in [1.807, 2.05) is 6.07 Å². The van der Waals surface area contributed by atoms with Crippen LogP contribution < -0.4 is 0 Å². The van der Waals surface area contributed by atoms with Crippen LogP contribution >= 0.6 is 31.9 Å². The van der Waals surface area contributed by atoms with Crippen molar-refractivity contribution in [3.63, 3.8) is 0 Å². The molecule has 0 saturated heterocycles. The van der Waals surface area contributed by atoms with E-state index in [0.29, 0.717) is 0 Å². The summed E-state index contributed by atoms with van der Waals surface area (Å²) in [6.07, 6.45) is 0. The number of aromatic nitrogens is 1. The number of hydrogen-bond acceptors (Lipinski definition) is 1. The van der Waals surface area contributed by atoms with Crippen molar-refractivity contribution in [1.29, 1.82) is 0 Å². The fraction of sp³-hybridized carbons (Fsp3) is 0. The number of pyridine rings is 1. The first kappa shape index (κ1) is 13.9. The minimum Gasteiger partial charge on any atom is -0.247 e. The number of fused-ring (bicyclic) bond motifs is 2. The summed E-state index contributed by atoms with van der Waals surface area (Å²) in [7, 11) is 0. The van der Waals surface area contributed by atoms with Gasteiger partial charge in [-0.25, -0.2) is 4.98 Å². The molecule has 0 atom stereocenters. The Labute approximate surface area is 145 Å². The fourth-order valence-corrected chi connectivity index (χ4v) is 4.01. The Morgan fingerprint density at radius 1 is 0.682 bits per heavy atom. The van der Waals surface area contributed by atoms with Crippen LogP contribution in [0.15, 0.2) is 75.7 Å². The zero-order valence-corrected chi connectivity index (χ0v) is 14.7. The van der Waals surface area contributed by atoms with Crippen LogP contribution in [0.1, 0.15) is 0 Å². The lowest BCUT2D eigenvalue weighted by Crippen LogP contribution is -1.87. The molecule has 3 heteroatoms. The quantitative estimate of drug-likeness (QED) is 0.344. The van der Waals surface area contributed by atoms with Gasteiger partial charge in [0, 0.05) is 19.9 Å². The van der Waals surface area contributed by atoms with Gasteiger partial charge in [0.05, 0.1) is 11.2 Å². The van der Waals surface area contributed by atoms with Gasteiger partial charge in [-0.2, -0.15) is 0 Å². The third-order valence-electron chi connectivity index (χ3n) is 3.76. The van der Waals surface area contributed by atoms with E-state index in [1.54, 1.807) is 0 Å². The van der Waals surface area contributed by atoms with E-state index < -0.39 is 0 Å². The molecule has 0 unspecified atom stereocenters. The summed E-state index contributed by atoms with van der Waals surface area (Å²) in [4.78, 5) is 4.83. The van der Waals surface area contributed by atoms with Crippen LogP contribution in [0.5, 0.6) is 0 Å². The molecule has 0 N–H and O–H groups in total. The molecule has 4 aromatic rings. The SMILES string of the molecule is Brc1cc(Br)c2nc(-c3ccc4ccccc4c3)ccc2c1. The maximum atomic E-state index is 4.83. The zero-order chi connectivity index (χ0) is 15.1. The van der Waals surface area contributed by atoms with Gasteiger partial charge in [-0.15, -0.1) is 0 Å². The molecular weight excluding hydrogens is 402 g/mol. The van der Waals surface area contributed by atoms with Gasteiger partial charge in [-0.3, -0.25) is 0 Å². The summed E-state index contributed by atoms with van der Waals surface area (Å²) < 4.78 is 2.05. The lowest BCUT2D eigenvalue weighted by atomic mass is 10.0. The predicted molar refractivity (Wildman–Crippen MR) is 100 cm³/mol. The highest BCUT2D eigenvalue weighted by Crippen LogP contribution is 2.30. The summed E-state index contributed by atoms with van der Waals surface area (Å²) in [6, 6.07) is 23.1. The van der Waals surface area contributed by atoms with Crippen molar-refractivity contribution in [3.05, 3.63) is 75.7 Å². The van der Waals surface area contributed by atoms with E-state index in [0.717, 1.165) is 31.1 Å². The Morgan fingerprint density at radius 2 is 1.45 bits per heavy atom. The van der Waals surface area contributed by atoms with Crippen LogP contribution in [0.25, 0.3) is 32.9 Å². The van der Waals surface area contributed by atoms with E-state index >= 15 is 0 Å². The Kier molecular flexibility index (Phi) is 3.47. The summed E-state index contributed by atoms with van der Waals surface area (Å²) in [5, 5.41) is 3.60. The summed E-state index contributed by atoms with van der Waals surface area (Å²) in [5.41, 5.74) is 3.10. The van der Waals surface area contributed by atoms with E-state index in [9.17, 15) is 0 Å². The van der Waals surface area contributed by atoms with Crippen LogP contribution in [0.4, 0.5) is 0 Å². The number of benzene rings is 3. The topological polar surface area (TPSA) is 12.9 Å². The smallest absolute Gasteiger partial charge is 0.0852 e. The molecular formula is C19H11Br2N. The van der Waals surface area contributed by atoms with Gasteiger partial charge in [0.25, 0.3) is 0 Å². The van der Waals surface area contributed by atoms with Crippen molar-refractivity contribution in [3.8, 4) is 11.3 Å². The molecule has 22 heavy (non-hydrogen) atoms. The molecule has 1 aromatic heterocycles. The first-order valence-electron chi connectivity index (χ1n) is 6.96. The number of halogens is 2. The highest BCUT2D eigenvalue weighted by molar-refractivity contribution is 9.11. The normalized spacial score (nSPS) is 11.2. The molecule has 0 amide bonds. The third-order valence-corrected chi connectivity index (χ3v) is 4.82. The van der Waals surface area contributed by atoms with Gasteiger partial charge in [0.15, 0.2) is 0 Å². The van der Waals surface area contributed by atoms with Crippen LogP contribution in [-0.4, -0.2) is 4.98 Å². The molecule has 3 aromatic carbocycles. The zero-order valence-electron chi connectivity index (χ0n) is 11.6. The minimum absolute atomic E-state index is 0.980. The maximum absolute atomic E-state index is 4.83. The van der Waals surface area contributed by atoms with Crippen molar-refractivity contribution in [2.24, 2.45) is 0 Å². The summed E-state index contributed by atoms with van der Waals surface area (Å²) in [6.45, 7) is 0. The van der Waals surface area contributed by atoms with E-state index in [1.165, 1.54) is 10.8 Å². The molecule has 0 spiro atoms. The average Bonchev–Trinajstić information content (AvgIpc) is 2.54. The second-order valence-corrected chi connectivity index (χ2v) is 6.99. The van der Waals surface area contributed by atoms with Gasteiger partial charge in [-0.05, 0) is 51.0 Å². The van der Waals surface area contributed by atoms with Crippen molar-refractivity contribution < 1.29 is 0 Å². The van der Waals surface area contributed by atoms with Crippen LogP contribution in [0.3, 0.4) is 0 Å². The lowest BCUT2D eigenvalue weighted by Gasteiger charge is -2.07. The van der Waals surface area contributed by atoms with Crippen LogP contribution in [0, 0.1) is 0 Å². The Balaban J connectivity index is 1.92. The second kappa shape index (κ2) is 5.49. The molecule has 4 rings (SSSR count). The molecule has 0 radical (unpaired) electrons. The number of rotatable bonds is 1. The lowest BCUT2D eigenvalue weighted by molar-refractivity contribution is 1.39. The summed E-state index contributed by atoms with van der Waals surface area (Å²) in [5.74, 6) is 0. The van der Waals surface area contributed by atoms with Gasteiger partial charge >= 0.3 is 0 Å². The Bertz CT molecular complexity index is 1010. The van der Waals surface area contributed by atoms with Crippen molar-refractivity contribution >= 4 is 53.5 Å². The number of hydrogen-bond donors (Lipinski definition) is 0. The minimum atomic E-state index is 0.980. The van der Waals surface area contributed by atoms with Gasteiger partial charge < -0.3 is 0 Å². The Hall–Kier alpha value is -1.71. The Morgan fingerprint density at radius 3 is 2.32 bits per heavy atom. The van der Waals surface area contributed by atoms with Gasteiger partial charge in [-0.1, -0.05) is 58.4 Å². The molecule has 0 fully saturated rings. The number of nitrogens with zero attached hydrogens (tertiary/aromatic N) is 1. The second-order valence-electron chi connectivity index (χ2n) is 5.22. The van der Waals surface area contributed by atoms with E-state index in [2.05, 4.69) is 92.5 Å². The first-order chi connectivity index (χ1) is 10.7. The predicted octanol–water partition coefficient (Wildman–Crippen LogP) is 6.58. The monoisotopic (exact) mass is 411 g/mol. The van der Waals surface area contributed by atoms with Crippen molar-refractivity contribution in [2.75, 3.05) is 0 Å². The van der Waals surface area contributed by atoms with E-state index in [4.69, 9.17) is 4.98 Å². The van der Waals surface area contributed by atoms with Gasteiger partial charge in [0.2, 0.25) is 0 Å². The van der Waals surface area contributed by atoms with E-state index in [-0.39, 0.29) is 0 Å². The molecule has 1 heterocycles. The largest absolute Gasteiger partial charge is 0.247 e. The molecule has 0 bridgehead atoms. The highest BCUT2D eigenvalue weighted by atomic mass is 79.9. The average molecular weight is 413 g/mol. The van der Waals surface area contributed by atoms with Crippen molar-refractivity contribution in [1.82, 2.24) is 4.98 Å². The molecule has 106 valence electrons. The van der Waals surface area contributed by atoms with Gasteiger partial charge in [0.1, 0.15) is 0 Å². The fourth-order valence-electron chi connectivity index (χ4n) is 2.67. The highest BCUT2D eigenvalue weighted by Gasteiger charge is 2.06. The molecule has 0 saturated carbocycles. The molecule has 0 aliphatic heterocycles. The summed E-state index contributed by atoms with van der Waals surface area (Å²) >= 11 is 7.12. The standard InChI is InChI=1S/C19H11Br2N/c20-16-10-15-7-8-18(22-19(15)17(21)11-16)14-6-5-12-3-1-2-4-13(12)9-14/h1-11H. The maximum Gasteiger partial charge on any atom is 0.0852 e.